The van der Waals surface area contributed by atoms with Gasteiger partial charge in [-0.1, -0.05) is 21.1 Å². The van der Waals surface area contributed by atoms with Gasteiger partial charge in [0.15, 0.2) is 5.69 Å². The Labute approximate surface area is 153 Å². The lowest BCUT2D eigenvalue weighted by Gasteiger charge is -2.10. The second kappa shape index (κ2) is 8.11. The van der Waals surface area contributed by atoms with Crippen LogP contribution in [0.3, 0.4) is 0 Å². The maximum atomic E-state index is 12.2. The van der Waals surface area contributed by atoms with E-state index in [4.69, 9.17) is 5.73 Å². The van der Waals surface area contributed by atoms with Crippen molar-refractivity contribution in [2.24, 2.45) is 0 Å². The molecule has 0 saturated heterocycles. The molecule has 1 aromatic heterocycles. The van der Waals surface area contributed by atoms with Crippen LogP contribution in [0.25, 0.3) is 0 Å². The largest absolute Gasteiger partial charge is 0.397 e. The molecule has 0 atom stereocenters. The third-order valence-corrected chi connectivity index (χ3v) is 3.63. The number of carbonyl (C=O) groups excluding carboxylic acids is 2. The SMILES string of the molecule is Cc1cc(Br)cc(NC(=O)c2cn(CC(=O)N(C)C)nn2)c1N.Cl. The number of carbonyl (C=O) groups is 2. The summed E-state index contributed by atoms with van der Waals surface area (Å²) < 4.78 is 2.12. The van der Waals surface area contributed by atoms with Crippen molar-refractivity contribution < 1.29 is 9.59 Å². The highest BCUT2D eigenvalue weighted by atomic mass is 79.9. The highest BCUT2D eigenvalue weighted by Gasteiger charge is 2.15. The summed E-state index contributed by atoms with van der Waals surface area (Å²) in [6.45, 7) is 1.87. The summed E-state index contributed by atoms with van der Waals surface area (Å²) in [5.41, 5.74) is 7.87. The minimum absolute atomic E-state index is 0. The summed E-state index contributed by atoms with van der Waals surface area (Å²) >= 11 is 3.36. The Morgan fingerprint density at radius 3 is 2.67 bits per heavy atom. The molecule has 1 heterocycles. The van der Waals surface area contributed by atoms with Crippen LogP contribution in [0.5, 0.6) is 0 Å². The topological polar surface area (TPSA) is 106 Å². The number of aryl methyl sites for hydroxylation is 1. The molecule has 0 aliphatic heterocycles. The van der Waals surface area contributed by atoms with Gasteiger partial charge in [0.25, 0.3) is 5.91 Å². The minimum Gasteiger partial charge on any atom is -0.397 e. The van der Waals surface area contributed by atoms with Gasteiger partial charge in [-0.3, -0.25) is 9.59 Å². The van der Waals surface area contributed by atoms with Crippen molar-refractivity contribution in [2.45, 2.75) is 13.5 Å². The highest BCUT2D eigenvalue weighted by Crippen LogP contribution is 2.27. The van der Waals surface area contributed by atoms with Gasteiger partial charge < -0.3 is 16.0 Å². The van der Waals surface area contributed by atoms with E-state index in [-0.39, 0.29) is 30.6 Å². The lowest BCUT2D eigenvalue weighted by atomic mass is 10.1. The average molecular weight is 418 g/mol. The number of rotatable bonds is 4. The van der Waals surface area contributed by atoms with Gasteiger partial charge in [-0.15, -0.1) is 17.5 Å². The number of nitrogens with zero attached hydrogens (tertiary/aromatic N) is 4. The molecule has 0 radical (unpaired) electrons. The van der Waals surface area contributed by atoms with Crippen LogP contribution in [0.1, 0.15) is 16.1 Å². The number of benzene rings is 1. The predicted octanol–water partition coefficient (Wildman–Crippen LogP) is 1.69. The molecule has 0 bridgehead atoms. The Balaban J connectivity index is 0.00000288. The maximum Gasteiger partial charge on any atom is 0.277 e. The van der Waals surface area contributed by atoms with Gasteiger partial charge in [0, 0.05) is 18.6 Å². The predicted molar refractivity (Wildman–Crippen MR) is 97.2 cm³/mol. The second-order valence-electron chi connectivity index (χ2n) is 5.23. The van der Waals surface area contributed by atoms with E-state index >= 15 is 0 Å². The van der Waals surface area contributed by atoms with Crippen LogP contribution in [-0.2, 0) is 11.3 Å². The number of aromatic nitrogens is 3. The van der Waals surface area contributed by atoms with E-state index in [1.165, 1.54) is 15.8 Å². The number of nitrogen functional groups attached to an aromatic ring is 1. The van der Waals surface area contributed by atoms with Gasteiger partial charge in [0.05, 0.1) is 17.6 Å². The Bertz CT molecular complexity index is 762. The van der Waals surface area contributed by atoms with Crippen molar-refractivity contribution in [2.75, 3.05) is 25.1 Å². The van der Waals surface area contributed by atoms with Crippen LogP contribution in [0.15, 0.2) is 22.8 Å². The molecule has 10 heteroatoms. The molecule has 2 rings (SSSR count). The number of likely N-dealkylation sites (N-methyl/N-ethyl adjacent to an activating group) is 1. The van der Waals surface area contributed by atoms with Crippen LogP contribution >= 0.6 is 28.3 Å². The van der Waals surface area contributed by atoms with Crippen molar-refractivity contribution in [3.63, 3.8) is 0 Å². The number of amides is 2. The maximum absolute atomic E-state index is 12.2. The van der Waals surface area contributed by atoms with E-state index in [0.717, 1.165) is 10.0 Å². The Hall–Kier alpha value is -2.13. The highest BCUT2D eigenvalue weighted by molar-refractivity contribution is 9.10. The first-order valence-corrected chi connectivity index (χ1v) is 7.54. The molecule has 2 amide bonds. The van der Waals surface area contributed by atoms with Gasteiger partial charge in [-0.05, 0) is 24.6 Å². The van der Waals surface area contributed by atoms with E-state index in [9.17, 15) is 9.59 Å². The molecule has 0 aliphatic carbocycles. The first-order chi connectivity index (χ1) is 10.8. The monoisotopic (exact) mass is 416 g/mol. The summed E-state index contributed by atoms with van der Waals surface area (Å²) in [5, 5.41) is 10.2. The summed E-state index contributed by atoms with van der Waals surface area (Å²) in [4.78, 5) is 25.3. The fourth-order valence-electron chi connectivity index (χ4n) is 1.80. The Morgan fingerprint density at radius 2 is 2.04 bits per heavy atom. The van der Waals surface area contributed by atoms with E-state index < -0.39 is 5.91 Å². The minimum atomic E-state index is -0.447. The molecule has 0 aliphatic rings. The Kier molecular flexibility index (Phi) is 6.73. The van der Waals surface area contributed by atoms with E-state index in [0.29, 0.717) is 11.4 Å². The van der Waals surface area contributed by atoms with E-state index in [1.807, 2.05) is 13.0 Å². The molecule has 0 fully saturated rings. The first kappa shape index (κ1) is 19.9. The molecular formula is C14H18BrClN6O2. The van der Waals surface area contributed by atoms with Gasteiger partial charge in [0.2, 0.25) is 5.91 Å². The molecule has 0 spiro atoms. The van der Waals surface area contributed by atoms with Crippen LogP contribution in [-0.4, -0.2) is 45.8 Å². The molecule has 2 aromatic rings. The van der Waals surface area contributed by atoms with Crippen molar-refractivity contribution in [3.05, 3.63) is 34.1 Å². The zero-order valence-corrected chi connectivity index (χ0v) is 15.8. The van der Waals surface area contributed by atoms with Crippen molar-refractivity contribution >= 4 is 51.5 Å². The van der Waals surface area contributed by atoms with Crippen LogP contribution in [0.4, 0.5) is 11.4 Å². The second-order valence-corrected chi connectivity index (χ2v) is 6.14. The van der Waals surface area contributed by atoms with Crippen LogP contribution < -0.4 is 11.1 Å². The summed E-state index contributed by atoms with van der Waals surface area (Å²) in [5.74, 6) is -0.591. The van der Waals surface area contributed by atoms with E-state index in [2.05, 4.69) is 31.6 Å². The number of nitrogens with one attached hydrogen (secondary N) is 1. The number of halogens is 2. The van der Waals surface area contributed by atoms with Crippen LogP contribution in [0.2, 0.25) is 0 Å². The van der Waals surface area contributed by atoms with Crippen LogP contribution in [0, 0.1) is 6.92 Å². The normalized spacial score (nSPS) is 10.0. The molecular weight excluding hydrogens is 400 g/mol. The number of hydrogen-bond acceptors (Lipinski definition) is 5. The lowest BCUT2D eigenvalue weighted by molar-refractivity contribution is -0.129. The fourth-order valence-corrected chi connectivity index (χ4v) is 2.38. The van der Waals surface area contributed by atoms with Gasteiger partial charge >= 0.3 is 0 Å². The average Bonchev–Trinajstić information content (AvgIpc) is 2.92. The zero-order chi connectivity index (χ0) is 17.1. The number of hydrogen-bond donors (Lipinski definition) is 2. The van der Waals surface area contributed by atoms with E-state index in [1.54, 1.807) is 20.2 Å². The third-order valence-electron chi connectivity index (χ3n) is 3.17. The quantitative estimate of drug-likeness (QED) is 0.736. The van der Waals surface area contributed by atoms with Gasteiger partial charge in [-0.2, -0.15) is 0 Å². The third kappa shape index (κ3) is 4.68. The smallest absolute Gasteiger partial charge is 0.277 e. The number of nitrogens with two attached hydrogens (primary N) is 1. The molecule has 3 N–H and O–H groups in total. The molecule has 24 heavy (non-hydrogen) atoms. The molecule has 0 unspecified atom stereocenters. The summed E-state index contributed by atoms with van der Waals surface area (Å²) in [6.07, 6.45) is 1.41. The fraction of sp³-hybridized carbons (Fsp3) is 0.286. The number of anilines is 2. The van der Waals surface area contributed by atoms with Gasteiger partial charge in [-0.25, -0.2) is 4.68 Å². The van der Waals surface area contributed by atoms with Crippen molar-refractivity contribution in [3.8, 4) is 0 Å². The standard InChI is InChI=1S/C14H17BrN6O2.ClH/c1-8-4-9(15)5-10(13(8)16)17-14(23)11-6-21(19-18-11)7-12(22)20(2)3;/h4-6H,7,16H2,1-3H3,(H,17,23);1H. The first-order valence-electron chi connectivity index (χ1n) is 6.75. The Morgan fingerprint density at radius 1 is 1.38 bits per heavy atom. The van der Waals surface area contributed by atoms with Crippen molar-refractivity contribution in [1.29, 1.82) is 0 Å². The molecule has 1 aromatic carbocycles. The summed E-state index contributed by atoms with van der Waals surface area (Å²) in [6, 6.07) is 3.56. The van der Waals surface area contributed by atoms with Gasteiger partial charge in [0.1, 0.15) is 6.54 Å². The zero-order valence-electron chi connectivity index (χ0n) is 13.4. The molecule has 8 nitrogen and oxygen atoms in total. The molecule has 130 valence electrons. The summed E-state index contributed by atoms with van der Waals surface area (Å²) in [7, 11) is 3.29. The lowest BCUT2D eigenvalue weighted by Crippen LogP contribution is -2.26. The van der Waals surface area contributed by atoms with Crippen molar-refractivity contribution in [1.82, 2.24) is 19.9 Å². The molecule has 0 saturated carbocycles.